The third-order valence-electron chi connectivity index (χ3n) is 2.07. The van der Waals surface area contributed by atoms with Crippen LogP contribution in [0.2, 0.25) is 0 Å². The van der Waals surface area contributed by atoms with Crippen molar-refractivity contribution in [2.45, 2.75) is 12.0 Å². The first kappa shape index (κ1) is 10.7. The SMILES string of the molecule is COCC(O)(CC#N)c1ccccc1. The molecule has 0 bridgehead atoms. The van der Waals surface area contributed by atoms with Gasteiger partial charge in [-0.1, -0.05) is 30.3 Å². The van der Waals surface area contributed by atoms with E-state index in [0.717, 1.165) is 0 Å². The molecule has 1 atom stereocenters. The van der Waals surface area contributed by atoms with Crippen LogP contribution in [0.5, 0.6) is 0 Å². The van der Waals surface area contributed by atoms with Gasteiger partial charge in [0.25, 0.3) is 0 Å². The van der Waals surface area contributed by atoms with Crippen LogP contribution in [0.3, 0.4) is 0 Å². The fourth-order valence-corrected chi connectivity index (χ4v) is 1.35. The van der Waals surface area contributed by atoms with Gasteiger partial charge in [0.2, 0.25) is 0 Å². The summed E-state index contributed by atoms with van der Waals surface area (Å²) in [7, 11) is 1.51. The van der Waals surface area contributed by atoms with Crippen molar-refractivity contribution in [3.8, 4) is 6.07 Å². The van der Waals surface area contributed by atoms with E-state index in [1.54, 1.807) is 12.1 Å². The van der Waals surface area contributed by atoms with Gasteiger partial charge >= 0.3 is 0 Å². The molecule has 0 aliphatic rings. The Morgan fingerprint density at radius 1 is 1.43 bits per heavy atom. The second kappa shape index (κ2) is 4.75. The van der Waals surface area contributed by atoms with Gasteiger partial charge in [-0.25, -0.2) is 0 Å². The van der Waals surface area contributed by atoms with Crippen LogP contribution < -0.4 is 0 Å². The molecule has 0 radical (unpaired) electrons. The van der Waals surface area contributed by atoms with E-state index in [0.29, 0.717) is 5.56 Å². The van der Waals surface area contributed by atoms with E-state index in [2.05, 4.69) is 0 Å². The fraction of sp³-hybridized carbons (Fsp3) is 0.364. The van der Waals surface area contributed by atoms with E-state index < -0.39 is 5.60 Å². The third-order valence-corrected chi connectivity index (χ3v) is 2.07. The second-order valence-corrected chi connectivity index (χ2v) is 3.17. The molecule has 3 nitrogen and oxygen atoms in total. The van der Waals surface area contributed by atoms with Crippen LogP contribution in [0, 0.1) is 11.3 Å². The van der Waals surface area contributed by atoms with E-state index in [4.69, 9.17) is 10.00 Å². The topological polar surface area (TPSA) is 53.2 Å². The van der Waals surface area contributed by atoms with Crippen LogP contribution in [-0.2, 0) is 10.3 Å². The van der Waals surface area contributed by atoms with Gasteiger partial charge in [0.05, 0.1) is 19.1 Å². The first-order valence-electron chi connectivity index (χ1n) is 4.37. The van der Waals surface area contributed by atoms with Gasteiger partial charge in [-0.3, -0.25) is 0 Å². The lowest BCUT2D eigenvalue weighted by Gasteiger charge is -2.24. The summed E-state index contributed by atoms with van der Waals surface area (Å²) in [4.78, 5) is 0. The molecule has 3 heteroatoms. The minimum atomic E-state index is -1.19. The van der Waals surface area contributed by atoms with Gasteiger partial charge in [0.15, 0.2) is 0 Å². The molecule has 0 saturated carbocycles. The van der Waals surface area contributed by atoms with Crippen LogP contribution in [-0.4, -0.2) is 18.8 Å². The van der Waals surface area contributed by atoms with Crippen molar-refractivity contribution < 1.29 is 9.84 Å². The Bertz CT molecular complexity index is 318. The monoisotopic (exact) mass is 191 g/mol. The molecule has 0 aromatic heterocycles. The molecular formula is C11H13NO2. The number of hydrogen-bond donors (Lipinski definition) is 1. The minimum absolute atomic E-state index is 0.0326. The zero-order valence-corrected chi connectivity index (χ0v) is 8.10. The lowest BCUT2D eigenvalue weighted by atomic mass is 9.92. The maximum absolute atomic E-state index is 10.1. The molecule has 1 aromatic rings. The van der Waals surface area contributed by atoms with Crippen molar-refractivity contribution in [2.24, 2.45) is 0 Å². The van der Waals surface area contributed by atoms with E-state index in [-0.39, 0.29) is 13.0 Å². The maximum atomic E-state index is 10.1. The Labute approximate surface area is 83.6 Å². The third kappa shape index (κ3) is 2.32. The number of nitrogens with zero attached hydrogens (tertiary/aromatic N) is 1. The summed E-state index contributed by atoms with van der Waals surface area (Å²) < 4.78 is 4.91. The Kier molecular flexibility index (Phi) is 3.63. The lowest BCUT2D eigenvalue weighted by Crippen LogP contribution is -2.30. The molecule has 0 spiro atoms. The van der Waals surface area contributed by atoms with Gasteiger partial charge in [0.1, 0.15) is 5.60 Å². The van der Waals surface area contributed by atoms with E-state index >= 15 is 0 Å². The van der Waals surface area contributed by atoms with Crippen molar-refractivity contribution in [1.29, 1.82) is 5.26 Å². The molecule has 0 saturated heterocycles. The molecule has 0 fully saturated rings. The van der Waals surface area contributed by atoms with Crippen molar-refractivity contribution in [2.75, 3.05) is 13.7 Å². The number of aliphatic hydroxyl groups is 1. The molecule has 1 rings (SSSR count). The highest BCUT2D eigenvalue weighted by Gasteiger charge is 2.28. The van der Waals surface area contributed by atoms with Crippen LogP contribution in [0.15, 0.2) is 30.3 Å². The van der Waals surface area contributed by atoms with Crippen molar-refractivity contribution >= 4 is 0 Å². The Morgan fingerprint density at radius 2 is 2.07 bits per heavy atom. The second-order valence-electron chi connectivity index (χ2n) is 3.17. The molecule has 0 aliphatic carbocycles. The Balaban J connectivity index is 2.94. The molecule has 0 aliphatic heterocycles. The summed E-state index contributed by atoms with van der Waals surface area (Å²) in [6.07, 6.45) is 0.0326. The predicted octanol–water partition coefficient (Wildman–Crippen LogP) is 1.43. The summed E-state index contributed by atoms with van der Waals surface area (Å²) in [6.45, 7) is 0.130. The maximum Gasteiger partial charge on any atom is 0.126 e. The number of ether oxygens (including phenoxy) is 1. The summed E-state index contributed by atoms with van der Waals surface area (Å²) in [5.74, 6) is 0. The van der Waals surface area contributed by atoms with Crippen LogP contribution in [0.4, 0.5) is 0 Å². The summed E-state index contributed by atoms with van der Waals surface area (Å²) in [6, 6.07) is 11.1. The number of benzene rings is 1. The van der Waals surface area contributed by atoms with Gasteiger partial charge in [0, 0.05) is 7.11 Å². The quantitative estimate of drug-likeness (QED) is 0.783. The highest BCUT2D eigenvalue weighted by atomic mass is 16.5. The first-order chi connectivity index (χ1) is 6.73. The highest BCUT2D eigenvalue weighted by molar-refractivity contribution is 5.23. The molecule has 0 amide bonds. The van der Waals surface area contributed by atoms with E-state index in [1.807, 2.05) is 24.3 Å². The Hall–Kier alpha value is -1.37. The average molecular weight is 191 g/mol. The average Bonchev–Trinajstić information content (AvgIpc) is 2.20. The number of methoxy groups -OCH3 is 1. The van der Waals surface area contributed by atoms with Gasteiger partial charge in [-0.05, 0) is 5.56 Å². The predicted molar refractivity (Wildman–Crippen MR) is 52.4 cm³/mol. The molecule has 0 heterocycles. The molecule has 74 valence electrons. The van der Waals surface area contributed by atoms with Gasteiger partial charge in [-0.15, -0.1) is 0 Å². The van der Waals surface area contributed by atoms with Crippen molar-refractivity contribution in [3.63, 3.8) is 0 Å². The standard InChI is InChI=1S/C11H13NO2/c1-14-9-11(13,7-8-12)10-5-3-2-4-6-10/h2-6,13H,7,9H2,1H3. The zero-order chi connectivity index (χ0) is 10.4. The lowest BCUT2D eigenvalue weighted by molar-refractivity contribution is -0.0322. The Morgan fingerprint density at radius 3 is 2.57 bits per heavy atom. The minimum Gasteiger partial charge on any atom is -0.382 e. The molecule has 1 aromatic carbocycles. The number of rotatable bonds is 4. The van der Waals surface area contributed by atoms with Crippen LogP contribution >= 0.6 is 0 Å². The fourth-order valence-electron chi connectivity index (χ4n) is 1.35. The van der Waals surface area contributed by atoms with Crippen molar-refractivity contribution in [1.82, 2.24) is 0 Å². The van der Waals surface area contributed by atoms with E-state index in [1.165, 1.54) is 7.11 Å². The van der Waals surface area contributed by atoms with Gasteiger partial charge in [-0.2, -0.15) is 5.26 Å². The molecule has 1 N–H and O–H groups in total. The number of hydrogen-bond acceptors (Lipinski definition) is 3. The van der Waals surface area contributed by atoms with Gasteiger partial charge < -0.3 is 9.84 Å². The van der Waals surface area contributed by atoms with Crippen LogP contribution in [0.1, 0.15) is 12.0 Å². The zero-order valence-electron chi connectivity index (χ0n) is 8.10. The molecule has 1 unspecified atom stereocenters. The van der Waals surface area contributed by atoms with Crippen LogP contribution in [0.25, 0.3) is 0 Å². The first-order valence-corrected chi connectivity index (χ1v) is 4.37. The number of nitriles is 1. The smallest absolute Gasteiger partial charge is 0.126 e. The molecular weight excluding hydrogens is 178 g/mol. The summed E-state index contributed by atoms with van der Waals surface area (Å²) in [5.41, 5.74) is -0.478. The van der Waals surface area contributed by atoms with Crippen molar-refractivity contribution in [3.05, 3.63) is 35.9 Å². The normalized spacial score (nSPS) is 14.4. The molecule has 14 heavy (non-hydrogen) atoms. The largest absolute Gasteiger partial charge is 0.382 e. The summed E-state index contributed by atoms with van der Waals surface area (Å²) in [5, 5.41) is 18.8. The summed E-state index contributed by atoms with van der Waals surface area (Å²) >= 11 is 0. The van der Waals surface area contributed by atoms with E-state index in [9.17, 15) is 5.11 Å². The highest BCUT2D eigenvalue weighted by Crippen LogP contribution is 2.24.